The molecule has 2 heteroatoms. The zero-order chi connectivity index (χ0) is 12.8. The van der Waals surface area contributed by atoms with Crippen molar-refractivity contribution in [2.24, 2.45) is 5.92 Å². The number of carbonyl (C=O) groups excluding carboxylic acids is 1. The number of Topliss-reactive ketones (excluding diaryl/α,β-unsaturated/α-hetero) is 1. The van der Waals surface area contributed by atoms with E-state index in [4.69, 9.17) is 4.74 Å². The van der Waals surface area contributed by atoms with Crippen molar-refractivity contribution in [2.45, 2.75) is 50.7 Å². The molecule has 0 N–H and O–H groups in total. The van der Waals surface area contributed by atoms with Crippen LogP contribution in [0, 0.1) is 5.92 Å². The second kappa shape index (κ2) is 3.92. The molecule has 96 valence electrons. The molecule has 2 aliphatic rings. The van der Waals surface area contributed by atoms with Crippen LogP contribution in [-0.4, -0.2) is 17.0 Å². The van der Waals surface area contributed by atoms with Crippen molar-refractivity contribution in [1.29, 1.82) is 0 Å². The summed E-state index contributed by atoms with van der Waals surface area (Å²) in [5.74, 6) is 0.275. The Morgan fingerprint density at radius 3 is 2.61 bits per heavy atom. The van der Waals surface area contributed by atoms with Crippen LogP contribution in [-0.2, 0) is 4.74 Å². The molecule has 0 aromatic heterocycles. The number of fused-ring (bicyclic) bond motifs is 2. The second-order valence-electron chi connectivity index (χ2n) is 6.19. The minimum atomic E-state index is -0.250. The van der Waals surface area contributed by atoms with Gasteiger partial charge in [-0.25, -0.2) is 0 Å². The molecule has 0 saturated carbocycles. The Hall–Kier alpha value is -1.15. The van der Waals surface area contributed by atoms with Gasteiger partial charge in [0.25, 0.3) is 0 Å². The summed E-state index contributed by atoms with van der Waals surface area (Å²) in [6.07, 6.45) is 4.06. The highest BCUT2D eigenvalue weighted by Gasteiger charge is 2.54. The summed E-state index contributed by atoms with van der Waals surface area (Å²) in [6, 6.07) is 9.63. The van der Waals surface area contributed by atoms with E-state index in [0.717, 1.165) is 31.2 Å². The summed E-state index contributed by atoms with van der Waals surface area (Å²) < 4.78 is 6.21. The van der Waals surface area contributed by atoms with Crippen molar-refractivity contribution in [3.63, 3.8) is 0 Å². The predicted molar refractivity (Wildman–Crippen MR) is 70.6 cm³/mol. The van der Waals surface area contributed by atoms with E-state index < -0.39 is 0 Å². The van der Waals surface area contributed by atoms with Crippen LogP contribution in [0.1, 0.15) is 49.9 Å². The molecule has 0 spiro atoms. The molecular formula is C16H20O2. The van der Waals surface area contributed by atoms with Crippen LogP contribution in [0.5, 0.6) is 0 Å². The van der Waals surface area contributed by atoms with E-state index >= 15 is 0 Å². The van der Waals surface area contributed by atoms with Crippen molar-refractivity contribution < 1.29 is 9.53 Å². The lowest BCUT2D eigenvalue weighted by Crippen LogP contribution is -2.46. The van der Waals surface area contributed by atoms with E-state index in [1.54, 1.807) is 0 Å². The summed E-state index contributed by atoms with van der Waals surface area (Å²) in [5.41, 5.74) is 0.588. The Morgan fingerprint density at radius 2 is 1.89 bits per heavy atom. The minimum Gasteiger partial charge on any atom is -0.368 e. The van der Waals surface area contributed by atoms with Gasteiger partial charge in [-0.15, -0.1) is 0 Å². The zero-order valence-electron chi connectivity index (χ0n) is 11.1. The number of hydrogen-bond donors (Lipinski definition) is 0. The third-order valence-corrected chi connectivity index (χ3v) is 4.70. The van der Waals surface area contributed by atoms with Crippen LogP contribution in [0.4, 0.5) is 0 Å². The molecule has 0 amide bonds. The summed E-state index contributed by atoms with van der Waals surface area (Å²) in [4.78, 5) is 12.6. The van der Waals surface area contributed by atoms with Crippen molar-refractivity contribution in [3.8, 4) is 0 Å². The van der Waals surface area contributed by atoms with Gasteiger partial charge in [0.05, 0.1) is 17.1 Å². The predicted octanol–water partition coefficient (Wildman–Crippen LogP) is 3.61. The molecule has 2 nitrogen and oxygen atoms in total. The molecule has 3 rings (SSSR count). The van der Waals surface area contributed by atoms with E-state index in [2.05, 4.69) is 13.8 Å². The molecule has 0 radical (unpaired) electrons. The van der Waals surface area contributed by atoms with Gasteiger partial charge >= 0.3 is 0 Å². The Labute approximate surface area is 108 Å². The second-order valence-corrected chi connectivity index (χ2v) is 6.19. The number of hydrogen-bond acceptors (Lipinski definition) is 2. The number of ketones is 1. The van der Waals surface area contributed by atoms with Crippen LogP contribution in [0.25, 0.3) is 0 Å². The van der Waals surface area contributed by atoms with E-state index in [9.17, 15) is 4.79 Å². The molecule has 2 bridgehead atoms. The SMILES string of the molecule is C[C@]12CC[C@H](C(=O)c3ccccc3)[C@](C)(CC1)O2. The fraction of sp³-hybridized carbons (Fsp3) is 0.562. The van der Waals surface area contributed by atoms with Crippen LogP contribution < -0.4 is 0 Å². The third kappa shape index (κ3) is 1.79. The summed E-state index contributed by atoms with van der Waals surface area (Å²) in [5, 5.41) is 0. The fourth-order valence-corrected chi connectivity index (χ4v) is 3.57. The third-order valence-electron chi connectivity index (χ3n) is 4.70. The smallest absolute Gasteiger partial charge is 0.168 e. The maximum atomic E-state index is 12.6. The van der Waals surface area contributed by atoms with E-state index in [1.807, 2.05) is 30.3 Å². The molecule has 0 aliphatic carbocycles. The summed E-state index contributed by atoms with van der Waals surface area (Å²) in [6.45, 7) is 4.30. The van der Waals surface area contributed by atoms with Gasteiger partial charge in [0.1, 0.15) is 0 Å². The van der Waals surface area contributed by atoms with Gasteiger partial charge < -0.3 is 4.74 Å². The van der Waals surface area contributed by atoms with Crippen LogP contribution in [0.2, 0.25) is 0 Å². The van der Waals surface area contributed by atoms with Crippen molar-refractivity contribution in [3.05, 3.63) is 35.9 Å². The standard InChI is InChI=1S/C16H20O2/c1-15-9-8-13(16(2,18-15)11-10-15)14(17)12-6-4-3-5-7-12/h3-7,13H,8-11H2,1-2H3/t13-,15+,16+/m1/s1. The first-order valence-electron chi connectivity index (χ1n) is 6.82. The minimum absolute atomic E-state index is 0.0161. The quantitative estimate of drug-likeness (QED) is 0.743. The van der Waals surface area contributed by atoms with Gasteiger partial charge in [-0.3, -0.25) is 4.79 Å². The molecule has 3 atom stereocenters. The maximum Gasteiger partial charge on any atom is 0.168 e. The molecule has 0 unspecified atom stereocenters. The first-order valence-corrected chi connectivity index (χ1v) is 6.82. The lowest BCUT2D eigenvalue weighted by Gasteiger charge is -2.41. The van der Waals surface area contributed by atoms with Gasteiger partial charge in [0, 0.05) is 5.56 Å². The molecule has 2 heterocycles. The Bertz CT molecular complexity index is 467. The highest BCUT2D eigenvalue weighted by atomic mass is 16.5. The number of carbonyl (C=O) groups is 1. The van der Waals surface area contributed by atoms with Crippen molar-refractivity contribution in [2.75, 3.05) is 0 Å². The lowest BCUT2D eigenvalue weighted by molar-refractivity contribution is -0.140. The summed E-state index contributed by atoms with van der Waals surface area (Å²) >= 11 is 0. The maximum absolute atomic E-state index is 12.6. The molecule has 2 saturated heterocycles. The monoisotopic (exact) mass is 244 g/mol. The number of rotatable bonds is 2. The van der Waals surface area contributed by atoms with Gasteiger partial charge in [0.15, 0.2) is 5.78 Å². The first-order chi connectivity index (χ1) is 8.53. The van der Waals surface area contributed by atoms with Gasteiger partial charge in [-0.2, -0.15) is 0 Å². The highest BCUT2D eigenvalue weighted by Crippen LogP contribution is 2.51. The average molecular weight is 244 g/mol. The summed E-state index contributed by atoms with van der Waals surface area (Å²) in [7, 11) is 0. The molecule has 2 fully saturated rings. The molecule has 1 aromatic carbocycles. The van der Waals surface area contributed by atoms with E-state index in [1.165, 1.54) is 0 Å². The normalized spacial score (nSPS) is 38.7. The lowest BCUT2D eigenvalue weighted by atomic mass is 9.78. The van der Waals surface area contributed by atoms with Crippen LogP contribution in [0.15, 0.2) is 30.3 Å². The topological polar surface area (TPSA) is 26.3 Å². The zero-order valence-corrected chi connectivity index (χ0v) is 11.1. The Morgan fingerprint density at radius 1 is 1.17 bits per heavy atom. The van der Waals surface area contributed by atoms with Crippen molar-refractivity contribution in [1.82, 2.24) is 0 Å². The Balaban J connectivity index is 1.88. The molecule has 2 aliphatic heterocycles. The highest BCUT2D eigenvalue weighted by molar-refractivity contribution is 5.98. The molecule has 18 heavy (non-hydrogen) atoms. The average Bonchev–Trinajstić information content (AvgIpc) is 2.61. The van der Waals surface area contributed by atoms with Crippen molar-refractivity contribution >= 4 is 5.78 Å². The van der Waals surface area contributed by atoms with Crippen LogP contribution >= 0.6 is 0 Å². The number of benzene rings is 1. The van der Waals surface area contributed by atoms with E-state index in [-0.39, 0.29) is 22.9 Å². The largest absolute Gasteiger partial charge is 0.368 e. The van der Waals surface area contributed by atoms with Gasteiger partial charge in [-0.05, 0) is 39.5 Å². The van der Waals surface area contributed by atoms with Gasteiger partial charge in [-0.1, -0.05) is 30.3 Å². The fourth-order valence-electron chi connectivity index (χ4n) is 3.57. The number of ether oxygens (including phenoxy) is 1. The van der Waals surface area contributed by atoms with E-state index in [0.29, 0.717) is 0 Å². The first kappa shape index (κ1) is 11.9. The molecular weight excluding hydrogens is 224 g/mol. The van der Waals surface area contributed by atoms with Crippen LogP contribution in [0.3, 0.4) is 0 Å². The van der Waals surface area contributed by atoms with Gasteiger partial charge in [0.2, 0.25) is 0 Å². The Kier molecular flexibility index (Phi) is 2.60. The molecule has 1 aromatic rings.